The molecule has 96 valence electrons. The first kappa shape index (κ1) is 11.6. The number of aryl methyl sites for hydroxylation is 2. The lowest BCUT2D eigenvalue weighted by molar-refractivity contribution is 0.479. The van der Waals surface area contributed by atoms with Crippen molar-refractivity contribution in [1.82, 2.24) is 9.78 Å². The highest BCUT2D eigenvalue weighted by atomic mass is 16.5. The van der Waals surface area contributed by atoms with Crippen LogP contribution in [0.4, 0.5) is 5.69 Å². The Morgan fingerprint density at radius 1 is 1.16 bits per heavy atom. The molecule has 4 nitrogen and oxygen atoms in total. The van der Waals surface area contributed by atoms with Crippen molar-refractivity contribution in [3.05, 3.63) is 48.2 Å². The third-order valence-electron chi connectivity index (χ3n) is 3.02. The Morgan fingerprint density at radius 2 is 2.00 bits per heavy atom. The zero-order valence-corrected chi connectivity index (χ0v) is 10.9. The van der Waals surface area contributed by atoms with Crippen molar-refractivity contribution in [3.63, 3.8) is 0 Å². The molecule has 0 fully saturated rings. The maximum atomic E-state index is 5.88. The standard InChI is InChI=1S/C15H15N3O/c1-10-7-12(16)4-6-15(10)19-13-5-3-11-9-18(2)17-14(11)8-13/h3-9H,16H2,1-2H3. The van der Waals surface area contributed by atoms with Crippen molar-refractivity contribution in [2.24, 2.45) is 7.05 Å². The summed E-state index contributed by atoms with van der Waals surface area (Å²) in [6.07, 6.45) is 1.98. The SMILES string of the molecule is Cc1cc(N)ccc1Oc1ccc2cn(C)nc2c1. The normalized spacial score (nSPS) is 10.8. The second-order valence-electron chi connectivity index (χ2n) is 4.65. The quantitative estimate of drug-likeness (QED) is 0.713. The number of benzene rings is 2. The van der Waals surface area contributed by atoms with Gasteiger partial charge >= 0.3 is 0 Å². The Balaban J connectivity index is 1.96. The average Bonchev–Trinajstić information content (AvgIpc) is 2.72. The van der Waals surface area contributed by atoms with Crippen LogP contribution < -0.4 is 10.5 Å². The lowest BCUT2D eigenvalue weighted by atomic mass is 10.2. The van der Waals surface area contributed by atoms with Crippen molar-refractivity contribution in [3.8, 4) is 11.5 Å². The van der Waals surface area contributed by atoms with Gasteiger partial charge in [-0.2, -0.15) is 5.10 Å². The van der Waals surface area contributed by atoms with Crippen molar-refractivity contribution < 1.29 is 4.74 Å². The Kier molecular flexibility index (Phi) is 2.63. The van der Waals surface area contributed by atoms with Crippen LogP contribution in [0, 0.1) is 6.92 Å². The maximum Gasteiger partial charge on any atom is 0.130 e. The van der Waals surface area contributed by atoms with E-state index in [4.69, 9.17) is 10.5 Å². The predicted octanol–water partition coefficient (Wildman–Crippen LogP) is 3.26. The molecule has 1 aromatic heterocycles. The molecule has 3 rings (SSSR count). The Morgan fingerprint density at radius 3 is 2.79 bits per heavy atom. The van der Waals surface area contributed by atoms with E-state index in [9.17, 15) is 0 Å². The molecule has 0 aliphatic carbocycles. The van der Waals surface area contributed by atoms with E-state index in [2.05, 4.69) is 5.10 Å². The van der Waals surface area contributed by atoms with Crippen LogP contribution in [0.25, 0.3) is 10.9 Å². The first-order valence-corrected chi connectivity index (χ1v) is 6.09. The number of ether oxygens (including phenoxy) is 1. The van der Waals surface area contributed by atoms with Crippen molar-refractivity contribution in [2.45, 2.75) is 6.92 Å². The molecule has 0 aliphatic rings. The molecule has 2 aromatic carbocycles. The first-order valence-electron chi connectivity index (χ1n) is 6.09. The fraction of sp³-hybridized carbons (Fsp3) is 0.133. The number of nitrogens with zero attached hydrogens (tertiary/aromatic N) is 2. The van der Waals surface area contributed by atoms with Gasteiger partial charge in [0.25, 0.3) is 0 Å². The van der Waals surface area contributed by atoms with Gasteiger partial charge in [-0.15, -0.1) is 0 Å². The molecule has 0 unspecified atom stereocenters. The summed E-state index contributed by atoms with van der Waals surface area (Å²) in [6, 6.07) is 11.5. The molecule has 0 spiro atoms. The summed E-state index contributed by atoms with van der Waals surface area (Å²) >= 11 is 0. The fourth-order valence-corrected chi connectivity index (χ4v) is 2.10. The minimum absolute atomic E-state index is 0.741. The topological polar surface area (TPSA) is 53.1 Å². The van der Waals surface area contributed by atoms with Crippen LogP contribution in [-0.4, -0.2) is 9.78 Å². The minimum atomic E-state index is 0.741. The molecule has 0 radical (unpaired) electrons. The number of nitrogens with two attached hydrogens (primary N) is 1. The van der Waals surface area contributed by atoms with Crippen LogP contribution in [0.15, 0.2) is 42.6 Å². The van der Waals surface area contributed by atoms with E-state index in [0.29, 0.717) is 0 Å². The van der Waals surface area contributed by atoms with Gasteiger partial charge in [0.2, 0.25) is 0 Å². The van der Waals surface area contributed by atoms with E-state index >= 15 is 0 Å². The van der Waals surface area contributed by atoms with Crippen LogP contribution in [0.1, 0.15) is 5.56 Å². The maximum absolute atomic E-state index is 5.88. The molecule has 2 N–H and O–H groups in total. The third kappa shape index (κ3) is 2.25. The Bertz CT molecular complexity index is 746. The average molecular weight is 253 g/mol. The summed E-state index contributed by atoms with van der Waals surface area (Å²) in [5.41, 5.74) is 8.41. The number of anilines is 1. The first-order chi connectivity index (χ1) is 9.11. The molecule has 0 bridgehead atoms. The van der Waals surface area contributed by atoms with Gasteiger partial charge in [0, 0.05) is 30.4 Å². The monoisotopic (exact) mass is 253 g/mol. The van der Waals surface area contributed by atoms with Crippen LogP contribution in [-0.2, 0) is 7.05 Å². The van der Waals surface area contributed by atoms with Gasteiger partial charge < -0.3 is 10.5 Å². The molecule has 3 aromatic rings. The highest BCUT2D eigenvalue weighted by Crippen LogP contribution is 2.28. The lowest BCUT2D eigenvalue weighted by Crippen LogP contribution is -1.90. The molecule has 4 heteroatoms. The number of nitrogen functional groups attached to an aromatic ring is 1. The third-order valence-corrected chi connectivity index (χ3v) is 3.02. The second kappa shape index (κ2) is 4.31. The zero-order chi connectivity index (χ0) is 13.4. The summed E-state index contributed by atoms with van der Waals surface area (Å²) in [6.45, 7) is 1.98. The van der Waals surface area contributed by atoms with Crippen LogP contribution in [0.5, 0.6) is 11.5 Å². The molecule has 0 saturated carbocycles. The summed E-state index contributed by atoms with van der Waals surface area (Å²) < 4.78 is 7.67. The summed E-state index contributed by atoms with van der Waals surface area (Å²) in [5, 5.41) is 5.47. The number of hydrogen-bond donors (Lipinski definition) is 1. The zero-order valence-electron chi connectivity index (χ0n) is 10.9. The summed E-state index contributed by atoms with van der Waals surface area (Å²) in [4.78, 5) is 0. The number of aromatic nitrogens is 2. The van der Waals surface area contributed by atoms with Crippen LogP contribution in [0.2, 0.25) is 0 Å². The van der Waals surface area contributed by atoms with Crippen molar-refractivity contribution in [2.75, 3.05) is 5.73 Å². The number of hydrogen-bond acceptors (Lipinski definition) is 3. The van der Waals surface area contributed by atoms with E-state index in [1.807, 2.05) is 56.6 Å². The van der Waals surface area contributed by atoms with Gasteiger partial charge in [0.15, 0.2) is 0 Å². The number of fused-ring (bicyclic) bond motifs is 1. The van der Waals surface area contributed by atoms with Crippen molar-refractivity contribution in [1.29, 1.82) is 0 Å². The van der Waals surface area contributed by atoms with E-state index in [0.717, 1.165) is 33.7 Å². The van der Waals surface area contributed by atoms with E-state index < -0.39 is 0 Å². The largest absolute Gasteiger partial charge is 0.457 e. The Hall–Kier alpha value is -2.49. The molecular weight excluding hydrogens is 238 g/mol. The molecule has 19 heavy (non-hydrogen) atoms. The van der Waals surface area contributed by atoms with Crippen molar-refractivity contribution >= 4 is 16.6 Å². The smallest absolute Gasteiger partial charge is 0.130 e. The molecule has 0 saturated heterocycles. The predicted molar refractivity (Wildman–Crippen MR) is 76.4 cm³/mol. The van der Waals surface area contributed by atoms with Gasteiger partial charge in [-0.05, 0) is 42.8 Å². The second-order valence-corrected chi connectivity index (χ2v) is 4.65. The lowest BCUT2D eigenvalue weighted by Gasteiger charge is -2.09. The molecule has 0 amide bonds. The molecule has 1 heterocycles. The van der Waals surface area contributed by atoms with Gasteiger partial charge in [0.05, 0.1) is 5.52 Å². The highest BCUT2D eigenvalue weighted by molar-refractivity contribution is 5.79. The fourth-order valence-electron chi connectivity index (χ4n) is 2.10. The Labute approximate surface area is 111 Å². The van der Waals surface area contributed by atoms with Gasteiger partial charge in [0.1, 0.15) is 11.5 Å². The molecular formula is C15H15N3O. The van der Waals surface area contributed by atoms with E-state index in [-0.39, 0.29) is 0 Å². The molecule has 0 atom stereocenters. The van der Waals surface area contributed by atoms with Gasteiger partial charge in [-0.3, -0.25) is 4.68 Å². The highest BCUT2D eigenvalue weighted by Gasteiger charge is 2.04. The summed E-state index contributed by atoms with van der Waals surface area (Å²) in [7, 11) is 1.91. The van der Waals surface area contributed by atoms with Crippen LogP contribution >= 0.6 is 0 Å². The van der Waals surface area contributed by atoms with E-state index in [1.54, 1.807) is 4.68 Å². The van der Waals surface area contributed by atoms with E-state index in [1.165, 1.54) is 0 Å². The minimum Gasteiger partial charge on any atom is -0.457 e. The number of rotatable bonds is 2. The molecule has 0 aliphatic heterocycles. The van der Waals surface area contributed by atoms with Gasteiger partial charge in [-0.1, -0.05) is 0 Å². The van der Waals surface area contributed by atoms with Crippen LogP contribution in [0.3, 0.4) is 0 Å². The van der Waals surface area contributed by atoms with Gasteiger partial charge in [-0.25, -0.2) is 0 Å². The summed E-state index contributed by atoms with van der Waals surface area (Å²) in [5.74, 6) is 1.59.